The molecule has 3 rings (SSSR count). The van der Waals surface area contributed by atoms with Crippen molar-refractivity contribution >= 4 is 5.91 Å². The number of methoxy groups -OCH3 is 1. The van der Waals surface area contributed by atoms with E-state index in [0.717, 1.165) is 16.9 Å². The number of hydrogen-bond donors (Lipinski definition) is 3. The summed E-state index contributed by atoms with van der Waals surface area (Å²) >= 11 is 0. The van der Waals surface area contributed by atoms with Crippen molar-refractivity contribution < 1.29 is 19.7 Å². The molecule has 1 aromatic carbocycles. The topological polar surface area (TPSA) is 91.7 Å². The van der Waals surface area contributed by atoms with E-state index in [-0.39, 0.29) is 18.2 Å². The van der Waals surface area contributed by atoms with Crippen LogP contribution in [0.4, 0.5) is 0 Å². The Balaban J connectivity index is 1.69. The van der Waals surface area contributed by atoms with E-state index in [2.05, 4.69) is 10.3 Å². The predicted molar refractivity (Wildman–Crippen MR) is 92.2 cm³/mol. The summed E-state index contributed by atoms with van der Waals surface area (Å²) in [4.78, 5) is 16.5. The van der Waals surface area contributed by atoms with Gasteiger partial charge in [0.15, 0.2) is 0 Å². The number of nitrogens with zero attached hydrogens (tertiary/aromatic N) is 1. The third-order valence-corrected chi connectivity index (χ3v) is 4.66. The highest BCUT2D eigenvalue weighted by molar-refractivity contribution is 5.79. The lowest BCUT2D eigenvalue weighted by Gasteiger charge is -2.23. The Labute approximate surface area is 146 Å². The summed E-state index contributed by atoms with van der Waals surface area (Å²) in [5, 5.41) is 23.2. The maximum Gasteiger partial charge on any atom is 0.224 e. The minimum Gasteiger partial charge on any atom is -0.497 e. The summed E-state index contributed by atoms with van der Waals surface area (Å²) in [6.45, 7) is 0. The lowest BCUT2D eigenvalue weighted by Crippen LogP contribution is -2.45. The number of ether oxygens (including phenoxy) is 1. The zero-order valence-electron chi connectivity index (χ0n) is 14.0. The van der Waals surface area contributed by atoms with Crippen LogP contribution in [0.25, 0.3) is 0 Å². The molecule has 1 amide bonds. The van der Waals surface area contributed by atoms with Gasteiger partial charge >= 0.3 is 0 Å². The van der Waals surface area contributed by atoms with Crippen LogP contribution in [0.2, 0.25) is 0 Å². The molecule has 0 spiro atoms. The Morgan fingerprint density at radius 1 is 1.28 bits per heavy atom. The summed E-state index contributed by atoms with van der Waals surface area (Å²) < 4.78 is 5.10. The zero-order chi connectivity index (χ0) is 17.8. The molecule has 0 radical (unpaired) electrons. The largest absolute Gasteiger partial charge is 0.497 e. The maximum absolute atomic E-state index is 12.4. The standard InChI is InChI=1S/C19H22N2O4/c1-25-14-6-4-12(5-7-14)9-17(23)21-18-15(10-16(22)19(18)24)13-3-2-8-20-11-13/h2-8,11,15-16,18-19,22,24H,9-10H2,1H3,(H,21,23)/t15-,16-,18-,19-/m1/s1. The molecule has 0 aliphatic heterocycles. The SMILES string of the molecule is COc1ccc(CC(=O)N[C@H]2[C@H](O)[C@H](O)C[C@@H]2c2cccnc2)cc1. The van der Waals surface area contributed by atoms with E-state index in [1.807, 2.05) is 24.3 Å². The molecule has 2 aromatic rings. The van der Waals surface area contributed by atoms with E-state index in [1.54, 1.807) is 31.6 Å². The van der Waals surface area contributed by atoms with Crippen molar-refractivity contribution in [2.24, 2.45) is 0 Å². The van der Waals surface area contributed by atoms with Gasteiger partial charge in [-0.25, -0.2) is 0 Å². The van der Waals surface area contributed by atoms with Crippen LogP contribution in [0, 0.1) is 0 Å². The van der Waals surface area contributed by atoms with Crippen molar-refractivity contribution in [3.63, 3.8) is 0 Å². The van der Waals surface area contributed by atoms with E-state index < -0.39 is 18.2 Å². The Hall–Kier alpha value is -2.44. The van der Waals surface area contributed by atoms with Crippen LogP contribution < -0.4 is 10.1 Å². The highest BCUT2D eigenvalue weighted by atomic mass is 16.5. The van der Waals surface area contributed by atoms with Crippen molar-refractivity contribution in [1.29, 1.82) is 0 Å². The Kier molecular flexibility index (Phi) is 5.31. The van der Waals surface area contributed by atoms with Crippen molar-refractivity contribution in [1.82, 2.24) is 10.3 Å². The van der Waals surface area contributed by atoms with Gasteiger partial charge in [-0.15, -0.1) is 0 Å². The maximum atomic E-state index is 12.4. The Morgan fingerprint density at radius 3 is 2.68 bits per heavy atom. The molecule has 1 aliphatic rings. The Morgan fingerprint density at radius 2 is 2.04 bits per heavy atom. The fourth-order valence-corrected chi connectivity index (χ4v) is 3.31. The first-order valence-corrected chi connectivity index (χ1v) is 8.27. The molecule has 0 saturated heterocycles. The molecule has 132 valence electrons. The summed E-state index contributed by atoms with van der Waals surface area (Å²) in [5.74, 6) is 0.367. The first-order chi connectivity index (χ1) is 12.1. The van der Waals surface area contributed by atoms with E-state index >= 15 is 0 Å². The van der Waals surface area contributed by atoms with E-state index in [4.69, 9.17) is 4.74 Å². The molecule has 0 unspecified atom stereocenters. The molecule has 1 aliphatic carbocycles. The number of benzene rings is 1. The quantitative estimate of drug-likeness (QED) is 0.755. The van der Waals surface area contributed by atoms with Crippen molar-refractivity contribution in [3.05, 3.63) is 59.9 Å². The van der Waals surface area contributed by atoms with Gasteiger partial charge in [0.1, 0.15) is 11.9 Å². The first-order valence-electron chi connectivity index (χ1n) is 8.27. The van der Waals surface area contributed by atoms with Crippen molar-refractivity contribution in [2.75, 3.05) is 7.11 Å². The molecular weight excluding hydrogens is 320 g/mol. The van der Waals surface area contributed by atoms with E-state index in [9.17, 15) is 15.0 Å². The summed E-state index contributed by atoms with van der Waals surface area (Å²) in [6.07, 6.45) is 2.10. The van der Waals surface area contributed by atoms with Crippen LogP contribution in [0.15, 0.2) is 48.8 Å². The van der Waals surface area contributed by atoms with Gasteiger partial charge < -0.3 is 20.3 Å². The molecule has 4 atom stereocenters. The van der Waals surface area contributed by atoms with Gasteiger partial charge in [-0.05, 0) is 35.7 Å². The number of aliphatic hydroxyl groups excluding tert-OH is 2. The first kappa shape index (κ1) is 17.4. The van der Waals surface area contributed by atoms with Gasteiger partial charge in [-0.3, -0.25) is 9.78 Å². The van der Waals surface area contributed by atoms with Crippen LogP contribution in [0.3, 0.4) is 0 Å². The number of amides is 1. The number of aliphatic hydroxyl groups is 2. The van der Waals surface area contributed by atoms with Crippen LogP contribution in [0.5, 0.6) is 5.75 Å². The number of carbonyl (C=O) groups is 1. The smallest absolute Gasteiger partial charge is 0.224 e. The second kappa shape index (κ2) is 7.63. The number of pyridine rings is 1. The lowest BCUT2D eigenvalue weighted by atomic mass is 9.94. The van der Waals surface area contributed by atoms with E-state index in [0.29, 0.717) is 6.42 Å². The number of rotatable bonds is 5. The highest BCUT2D eigenvalue weighted by Crippen LogP contribution is 2.35. The fraction of sp³-hybridized carbons (Fsp3) is 0.368. The van der Waals surface area contributed by atoms with Crippen LogP contribution in [0.1, 0.15) is 23.5 Å². The average Bonchev–Trinajstić information content (AvgIpc) is 2.91. The zero-order valence-corrected chi connectivity index (χ0v) is 14.0. The molecule has 1 fully saturated rings. The molecule has 1 aromatic heterocycles. The molecular formula is C19H22N2O4. The second-order valence-electron chi connectivity index (χ2n) is 6.30. The highest BCUT2D eigenvalue weighted by Gasteiger charge is 2.43. The number of nitrogens with one attached hydrogen (secondary N) is 1. The summed E-state index contributed by atoms with van der Waals surface area (Å²) in [5.41, 5.74) is 1.75. The lowest BCUT2D eigenvalue weighted by molar-refractivity contribution is -0.122. The molecule has 0 bridgehead atoms. The number of aromatic nitrogens is 1. The monoisotopic (exact) mass is 342 g/mol. The average molecular weight is 342 g/mol. The van der Waals surface area contributed by atoms with Crippen molar-refractivity contribution in [3.8, 4) is 5.75 Å². The normalized spacial score (nSPS) is 25.6. The van der Waals surface area contributed by atoms with Gasteiger partial charge in [0, 0.05) is 18.3 Å². The number of hydrogen-bond acceptors (Lipinski definition) is 5. The minimum atomic E-state index is -0.995. The molecule has 3 N–H and O–H groups in total. The summed E-state index contributed by atoms with van der Waals surface area (Å²) in [6, 6.07) is 10.4. The van der Waals surface area contributed by atoms with E-state index in [1.165, 1.54) is 0 Å². The molecule has 6 nitrogen and oxygen atoms in total. The molecule has 6 heteroatoms. The Bertz CT molecular complexity index is 705. The van der Waals surface area contributed by atoms with Gasteiger partial charge in [0.2, 0.25) is 5.91 Å². The predicted octanol–water partition coefficient (Wildman–Crippen LogP) is 1.03. The third-order valence-electron chi connectivity index (χ3n) is 4.66. The van der Waals surface area contributed by atoms with Gasteiger partial charge in [0.25, 0.3) is 0 Å². The number of carbonyl (C=O) groups excluding carboxylic acids is 1. The van der Waals surface area contributed by atoms with Crippen molar-refractivity contribution in [2.45, 2.75) is 37.0 Å². The summed E-state index contributed by atoms with van der Waals surface area (Å²) in [7, 11) is 1.59. The van der Waals surface area contributed by atoms with Gasteiger partial charge in [-0.1, -0.05) is 18.2 Å². The van der Waals surface area contributed by atoms with Crippen LogP contribution in [-0.2, 0) is 11.2 Å². The molecule has 25 heavy (non-hydrogen) atoms. The van der Waals surface area contributed by atoms with Gasteiger partial charge in [0.05, 0.1) is 25.7 Å². The molecule has 1 saturated carbocycles. The van der Waals surface area contributed by atoms with Crippen LogP contribution >= 0.6 is 0 Å². The third kappa shape index (κ3) is 3.97. The van der Waals surface area contributed by atoms with Gasteiger partial charge in [-0.2, -0.15) is 0 Å². The van der Waals surface area contributed by atoms with Crippen LogP contribution in [-0.4, -0.2) is 46.5 Å². The second-order valence-corrected chi connectivity index (χ2v) is 6.30. The molecule has 1 heterocycles. The fourth-order valence-electron chi connectivity index (χ4n) is 3.31. The minimum absolute atomic E-state index is 0.168.